The first kappa shape index (κ1) is 14.6. The average Bonchev–Trinajstić information content (AvgIpc) is 2.72. The van der Waals surface area contributed by atoms with Gasteiger partial charge in [-0.2, -0.15) is 0 Å². The first-order valence-corrected chi connectivity index (χ1v) is 7.24. The van der Waals surface area contributed by atoms with Crippen molar-refractivity contribution in [1.82, 2.24) is 9.80 Å². The summed E-state index contributed by atoms with van der Waals surface area (Å²) in [4.78, 5) is 4.83. The molecule has 2 N–H and O–H groups in total. The van der Waals surface area contributed by atoms with Gasteiger partial charge in [0.15, 0.2) is 0 Å². The lowest BCUT2D eigenvalue weighted by Crippen LogP contribution is -2.36. The van der Waals surface area contributed by atoms with E-state index in [0.29, 0.717) is 6.54 Å². The summed E-state index contributed by atoms with van der Waals surface area (Å²) in [6.45, 7) is 7.14. The standard InChI is InChI=1S/C15H27N3O/c1-12-14(8-15(9-16)19-12)11-18-6-4-13(5-7-18)10-17(2)3/h8,13H,4-7,9-11,16H2,1-3H3. The number of piperidine rings is 1. The molecule has 1 aliphatic heterocycles. The van der Waals surface area contributed by atoms with Crippen LogP contribution in [0.25, 0.3) is 0 Å². The van der Waals surface area contributed by atoms with Crippen LogP contribution in [0.1, 0.15) is 29.9 Å². The maximum absolute atomic E-state index is 5.62. The van der Waals surface area contributed by atoms with Crippen molar-refractivity contribution < 1.29 is 4.42 Å². The summed E-state index contributed by atoms with van der Waals surface area (Å²) in [5, 5.41) is 0. The van der Waals surface area contributed by atoms with E-state index >= 15 is 0 Å². The molecule has 2 rings (SSSR count). The van der Waals surface area contributed by atoms with E-state index in [-0.39, 0.29) is 0 Å². The fourth-order valence-corrected chi connectivity index (χ4v) is 2.93. The number of likely N-dealkylation sites (tertiary alicyclic amines) is 1. The normalized spacial score (nSPS) is 18.4. The van der Waals surface area contributed by atoms with Crippen molar-refractivity contribution in [2.75, 3.05) is 33.7 Å². The van der Waals surface area contributed by atoms with Gasteiger partial charge in [-0.15, -0.1) is 0 Å². The van der Waals surface area contributed by atoms with Crippen LogP contribution in [0.5, 0.6) is 0 Å². The Bertz CT molecular complexity index is 392. The van der Waals surface area contributed by atoms with Crippen molar-refractivity contribution in [2.24, 2.45) is 11.7 Å². The summed E-state index contributed by atoms with van der Waals surface area (Å²) in [7, 11) is 4.32. The molecule has 0 radical (unpaired) electrons. The van der Waals surface area contributed by atoms with Gasteiger partial charge in [-0.1, -0.05) is 0 Å². The van der Waals surface area contributed by atoms with E-state index in [1.54, 1.807) is 0 Å². The molecule has 0 aliphatic carbocycles. The van der Waals surface area contributed by atoms with E-state index in [2.05, 4.69) is 30.0 Å². The molecule has 0 saturated carbocycles. The molecule has 0 bridgehead atoms. The second-order valence-electron chi connectivity index (χ2n) is 5.98. The van der Waals surface area contributed by atoms with Crippen molar-refractivity contribution >= 4 is 0 Å². The molecule has 0 amide bonds. The smallest absolute Gasteiger partial charge is 0.118 e. The lowest BCUT2D eigenvalue weighted by molar-refractivity contribution is 0.156. The average molecular weight is 265 g/mol. The van der Waals surface area contributed by atoms with Gasteiger partial charge in [-0.3, -0.25) is 4.90 Å². The number of nitrogens with two attached hydrogens (primary N) is 1. The summed E-state index contributed by atoms with van der Waals surface area (Å²) >= 11 is 0. The Hall–Kier alpha value is -0.840. The Kier molecular flexibility index (Phi) is 5.02. The van der Waals surface area contributed by atoms with Crippen molar-refractivity contribution in [2.45, 2.75) is 32.9 Å². The zero-order valence-corrected chi connectivity index (χ0v) is 12.5. The van der Waals surface area contributed by atoms with Crippen LogP contribution in [0.15, 0.2) is 10.5 Å². The SMILES string of the molecule is Cc1oc(CN)cc1CN1CCC(CN(C)C)CC1. The zero-order chi connectivity index (χ0) is 13.8. The molecule has 19 heavy (non-hydrogen) atoms. The lowest BCUT2D eigenvalue weighted by atomic mass is 9.96. The van der Waals surface area contributed by atoms with E-state index in [9.17, 15) is 0 Å². The third-order valence-electron chi connectivity index (χ3n) is 4.00. The van der Waals surface area contributed by atoms with E-state index in [0.717, 1.165) is 24.0 Å². The minimum atomic E-state index is 0.492. The molecule has 1 aromatic heterocycles. The molecule has 4 heteroatoms. The molecule has 0 unspecified atom stereocenters. The molecule has 0 spiro atoms. The van der Waals surface area contributed by atoms with Gasteiger partial charge < -0.3 is 15.1 Å². The molecule has 2 heterocycles. The second kappa shape index (κ2) is 6.55. The van der Waals surface area contributed by atoms with Gasteiger partial charge >= 0.3 is 0 Å². The Morgan fingerprint density at radius 2 is 2.05 bits per heavy atom. The Morgan fingerprint density at radius 1 is 1.37 bits per heavy atom. The number of aryl methyl sites for hydroxylation is 1. The monoisotopic (exact) mass is 265 g/mol. The molecule has 0 atom stereocenters. The van der Waals surface area contributed by atoms with Crippen molar-refractivity contribution in [3.8, 4) is 0 Å². The van der Waals surface area contributed by atoms with Crippen LogP contribution in [0.4, 0.5) is 0 Å². The highest BCUT2D eigenvalue weighted by Crippen LogP contribution is 2.22. The Balaban J connectivity index is 1.83. The summed E-state index contributed by atoms with van der Waals surface area (Å²) in [5.41, 5.74) is 6.92. The minimum Gasteiger partial charge on any atom is -0.465 e. The lowest BCUT2D eigenvalue weighted by Gasteiger charge is -2.33. The molecular formula is C15H27N3O. The van der Waals surface area contributed by atoms with E-state index < -0.39 is 0 Å². The first-order chi connectivity index (χ1) is 9.08. The maximum Gasteiger partial charge on any atom is 0.118 e. The number of rotatable bonds is 5. The predicted octanol–water partition coefficient (Wildman–Crippen LogP) is 1.82. The Morgan fingerprint density at radius 3 is 2.58 bits per heavy atom. The van der Waals surface area contributed by atoms with Crippen LogP contribution in [-0.2, 0) is 13.1 Å². The highest BCUT2D eigenvalue weighted by molar-refractivity contribution is 5.20. The van der Waals surface area contributed by atoms with Crippen LogP contribution < -0.4 is 5.73 Å². The molecule has 1 aliphatic rings. The molecule has 0 aromatic carbocycles. The Labute approximate surface area is 116 Å². The molecule has 4 nitrogen and oxygen atoms in total. The van der Waals surface area contributed by atoms with Gasteiger partial charge in [0.1, 0.15) is 11.5 Å². The van der Waals surface area contributed by atoms with E-state index in [1.807, 2.05) is 6.92 Å². The van der Waals surface area contributed by atoms with E-state index in [1.165, 1.54) is 38.0 Å². The number of furan rings is 1. The summed E-state index contributed by atoms with van der Waals surface area (Å²) in [5.74, 6) is 2.78. The van der Waals surface area contributed by atoms with Crippen LogP contribution >= 0.6 is 0 Å². The highest BCUT2D eigenvalue weighted by Gasteiger charge is 2.20. The predicted molar refractivity (Wildman–Crippen MR) is 77.9 cm³/mol. The molecule has 1 saturated heterocycles. The van der Waals surface area contributed by atoms with Crippen LogP contribution in [0.3, 0.4) is 0 Å². The molecule has 108 valence electrons. The number of nitrogens with zero attached hydrogens (tertiary/aromatic N) is 2. The first-order valence-electron chi connectivity index (χ1n) is 7.24. The van der Waals surface area contributed by atoms with Crippen LogP contribution in [-0.4, -0.2) is 43.5 Å². The van der Waals surface area contributed by atoms with Crippen LogP contribution in [0, 0.1) is 12.8 Å². The largest absolute Gasteiger partial charge is 0.465 e. The van der Waals surface area contributed by atoms with Gasteiger partial charge in [0.05, 0.1) is 6.54 Å². The second-order valence-corrected chi connectivity index (χ2v) is 5.98. The molecular weight excluding hydrogens is 238 g/mol. The fraction of sp³-hybridized carbons (Fsp3) is 0.733. The van der Waals surface area contributed by atoms with Gasteiger partial charge in [0.25, 0.3) is 0 Å². The third-order valence-corrected chi connectivity index (χ3v) is 4.00. The van der Waals surface area contributed by atoms with Gasteiger partial charge in [0.2, 0.25) is 0 Å². The quantitative estimate of drug-likeness (QED) is 0.882. The maximum atomic E-state index is 5.62. The van der Waals surface area contributed by atoms with Crippen LogP contribution in [0.2, 0.25) is 0 Å². The topological polar surface area (TPSA) is 45.6 Å². The van der Waals surface area contributed by atoms with Crippen molar-refractivity contribution in [3.63, 3.8) is 0 Å². The zero-order valence-electron chi connectivity index (χ0n) is 12.5. The fourth-order valence-electron chi connectivity index (χ4n) is 2.93. The van der Waals surface area contributed by atoms with Crippen molar-refractivity contribution in [1.29, 1.82) is 0 Å². The molecule has 1 fully saturated rings. The summed E-state index contributed by atoms with van der Waals surface area (Å²) in [6, 6.07) is 2.11. The summed E-state index contributed by atoms with van der Waals surface area (Å²) in [6.07, 6.45) is 2.61. The van der Waals surface area contributed by atoms with Gasteiger partial charge in [-0.05, 0) is 58.9 Å². The third kappa shape index (κ3) is 4.06. The minimum absolute atomic E-state index is 0.492. The highest BCUT2D eigenvalue weighted by atomic mass is 16.3. The van der Waals surface area contributed by atoms with E-state index in [4.69, 9.17) is 10.2 Å². The van der Waals surface area contributed by atoms with Crippen molar-refractivity contribution in [3.05, 3.63) is 23.2 Å². The van der Waals surface area contributed by atoms with Gasteiger partial charge in [0, 0.05) is 18.7 Å². The number of hydrogen-bond acceptors (Lipinski definition) is 4. The molecule has 1 aromatic rings. The number of hydrogen-bond donors (Lipinski definition) is 1. The summed E-state index contributed by atoms with van der Waals surface area (Å²) < 4.78 is 5.62. The van der Waals surface area contributed by atoms with Gasteiger partial charge in [-0.25, -0.2) is 0 Å².